The Morgan fingerprint density at radius 2 is 2.00 bits per heavy atom. The van der Waals surface area contributed by atoms with Gasteiger partial charge in [-0.1, -0.05) is 30.1 Å². The molecule has 1 fully saturated rings. The Morgan fingerprint density at radius 3 is 2.66 bits per heavy atom. The zero-order valence-electron chi connectivity index (χ0n) is 15.0. The van der Waals surface area contributed by atoms with E-state index in [1.165, 1.54) is 40.9 Å². The van der Waals surface area contributed by atoms with Gasteiger partial charge in [0.25, 0.3) is 5.91 Å². The largest absolute Gasteiger partial charge is 0.478 e. The summed E-state index contributed by atoms with van der Waals surface area (Å²) in [6, 6.07) is 9.39. The number of rotatable bonds is 7. The van der Waals surface area contributed by atoms with Gasteiger partial charge in [-0.3, -0.25) is 14.5 Å². The molecule has 2 amide bonds. The van der Waals surface area contributed by atoms with Crippen molar-refractivity contribution >= 4 is 57.8 Å². The minimum absolute atomic E-state index is 0.0582. The number of furan rings is 1. The summed E-state index contributed by atoms with van der Waals surface area (Å²) in [4.78, 5) is 37.3. The molecule has 9 heteroatoms. The molecule has 0 unspecified atom stereocenters. The maximum Gasteiger partial charge on any atom is 0.335 e. The average Bonchev–Trinajstić information content (AvgIpc) is 3.29. The van der Waals surface area contributed by atoms with Gasteiger partial charge in [-0.2, -0.15) is 0 Å². The summed E-state index contributed by atoms with van der Waals surface area (Å²) in [6.45, 7) is 0.156. The highest BCUT2D eigenvalue weighted by atomic mass is 32.2. The number of anilines is 1. The summed E-state index contributed by atoms with van der Waals surface area (Å²) in [5, 5.41) is 11.6. The Labute approximate surface area is 176 Å². The first kappa shape index (κ1) is 20.6. The Bertz CT molecular complexity index is 994. The van der Waals surface area contributed by atoms with Gasteiger partial charge >= 0.3 is 5.97 Å². The normalized spacial score (nSPS) is 15.4. The van der Waals surface area contributed by atoms with Crippen molar-refractivity contribution in [3.8, 4) is 0 Å². The van der Waals surface area contributed by atoms with Crippen LogP contribution in [0.15, 0.2) is 64.1 Å². The number of hydrogen-bond donors (Lipinski definition) is 2. The molecule has 2 N–H and O–H groups in total. The average molecular weight is 428 g/mol. The van der Waals surface area contributed by atoms with E-state index in [1.807, 2.05) is 0 Å². The number of nitrogens with zero attached hydrogens (tertiary/aromatic N) is 1. The third-order valence-electron chi connectivity index (χ3n) is 3.90. The number of allylic oxidation sites excluding steroid dienone is 2. The van der Waals surface area contributed by atoms with Crippen LogP contribution in [0, 0.1) is 0 Å². The van der Waals surface area contributed by atoms with Crippen LogP contribution >= 0.6 is 24.0 Å². The Balaban J connectivity index is 1.53. The van der Waals surface area contributed by atoms with Gasteiger partial charge < -0.3 is 14.8 Å². The summed E-state index contributed by atoms with van der Waals surface area (Å²) >= 11 is 6.42. The van der Waals surface area contributed by atoms with Crippen molar-refractivity contribution < 1.29 is 23.9 Å². The lowest BCUT2D eigenvalue weighted by Gasteiger charge is -2.14. The van der Waals surface area contributed by atoms with Gasteiger partial charge in [0.15, 0.2) is 0 Å². The maximum atomic E-state index is 12.5. The number of aromatic carboxylic acids is 1. The van der Waals surface area contributed by atoms with Crippen LogP contribution in [0.5, 0.6) is 0 Å². The van der Waals surface area contributed by atoms with Crippen molar-refractivity contribution in [1.82, 2.24) is 4.90 Å². The van der Waals surface area contributed by atoms with E-state index >= 15 is 0 Å². The standard InChI is InChI=1S/C20H16N2O5S2/c23-17(21-14-8-6-13(7-9-14)19(25)26)10-11-22-18(24)16(29-20(22)28)5-1-3-15-4-2-12-27-15/h1-9,12H,10-11H2,(H,21,23)(H,25,26). The minimum Gasteiger partial charge on any atom is -0.478 e. The number of benzene rings is 1. The monoisotopic (exact) mass is 428 g/mol. The summed E-state index contributed by atoms with van der Waals surface area (Å²) in [5.41, 5.74) is 0.613. The molecular formula is C20H16N2O5S2. The quantitative estimate of drug-likeness (QED) is 0.512. The van der Waals surface area contributed by atoms with E-state index in [-0.39, 0.29) is 30.3 Å². The lowest BCUT2D eigenvalue weighted by Crippen LogP contribution is -2.31. The molecule has 2 heterocycles. The highest BCUT2D eigenvalue weighted by Crippen LogP contribution is 2.31. The van der Waals surface area contributed by atoms with Gasteiger partial charge in [0, 0.05) is 18.7 Å². The second-order valence-electron chi connectivity index (χ2n) is 5.91. The van der Waals surface area contributed by atoms with Crippen molar-refractivity contribution in [3.05, 3.63) is 71.0 Å². The molecule has 2 aromatic rings. The number of hydrogen-bond acceptors (Lipinski definition) is 6. The van der Waals surface area contributed by atoms with Crippen LogP contribution in [0.2, 0.25) is 0 Å². The fraction of sp³-hybridized carbons (Fsp3) is 0.100. The molecule has 0 radical (unpaired) electrons. The first-order valence-electron chi connectivity index (χ1n) is 8.53. The maximum absolute atomic E-state index is 12.5. The predicted octanol–water partition coefficient (Wildman–Crippen LogP) is 3.76. The Hall–Kier alpha value is -3.17. The van der Waals surface area contributed by atoms with E-state index in [9.17, 15) is 14.4 Å². The number of amides is 2. The Kier molecular flexibility index (Phi) is 6.63. The van der Waals surface area contributed by atoms with Gasteiger partial charge in [-0.25, -0.2) is 4.79 Å². The second-order valence-corrected chi connectivity index (χ2v) is 7.59. The molecule has 0 bridgehead atoms. The second kappa shape index (κ2) is 9.35. The van der Waals surface area contributed by atoms with Gasteiger partial charge in [0.05, 0.1) is 16.7 Å². The van der Waals surface area contributed by atoms with E-state index in [0.717, 1.165) is 0 Å². The van der Waals surface area contributed by atoms with Crippen molar-refractivity contribution in [3.63, 3.8) is 0 Å². The predicted molar refractivity (Wildman–Crippen MR) is 114 cm³/mol. The topological polar surface area (TPSA) is 99.9 Å². The highest BCUT2D eigenvalue weighted by Gasteiger charge is 2.31. The van der Waals surface area contributed by atoms with Crippen molar-refractivity contribution in [2.24, 2.45) is 0 Å². The van der Waals surface area contributed by atoms with E-state index in [2.05, 4.69) is 5.32 Å². The van der Waals surface area contributed by atoms with Crippen molar-refractivity contribution in [2.45, 2.75) is 6.42 Å². The summed E-state index contributed by atoms with van der Waals surface area (Å²) in [6.07, 6.45) is 6.72. The van der Waals surface area contributed by atoms with Crippen LogP contribution in [-0.2, 0) is 9.59 Å². The molecule has 148 valence electrons. The molecule has 1 aliphatic rings. The number of carbonyl (C=O) groups excluding carboxylic acids is 2. The van der Waals surface area contributed by atoms with Gasteiger partial charge in [0.1, 0.15) is 10.1 Å². The molecule has 29 heavy (non-hydrogen) atoms. The number of carboxylic acid groups (broad SMARTS) is 1. The minimum atomic E-state index is -1.04. The van der Waals surface area contributed by atoms with E-state index < -0.39 is 5.97 Å². The van der Waals surface area contributed by atoms with Crippen LogP contribution in [-0.4, -0.2) is 38.7 Å². The molecule has 1 saturated heterocycles. The molecule has 1 aromatic heterocycles. The van der Waals surface area contributed by atoms with Crippen LogP contribution in [0.3, 0.4) is 0 Å². The highest BCUT2D eigenvalue weighted by molar-refractivity contribution is 8.26. The molecule has 0 aliphatic carbocycles. The number of carboxylic acids is 1. The molecule has 7 nitrogen and oxygen atoms in total. The third-order valence-corrected chi connectivity index (χ3v) is 5.30. The smallest absolute Gasteiger partial charge is 0.335 e. The first-order valence-corrected chi connectivity index (χ1v) is 9.75. The number of thiocarbonyl (C=S) groups is 1. The molecule has 0 spiro atoms. The lowest BCUT2D eigenvalue weighted by molar-refractivity contribution is -0.122. The fourth-order valence-corrected chi connectivity index (χ4v) is 3.72. The SMILES string of the molecule is O=C(CCN1C(=O)C(=CC=Cc2ccco2)SC1=S)Nc1ccc(C(=O)O)cc1. The molecule has 3 rings (SSSR count). The fourth-order valence-electron chi connectivity index (χ4n) is 2.46. The molecule has 1 aliphatic heterocycles. The lowest BCUT2D eigenvalue weighted by atomic mass is 10.2. The van der Waals surface area contributed by atoms with Crippen LogP contribution in [0.1, 0.15) is 22.5 Å². The number of nitrogens with one attached hydrogen (secondary N) is 1. The summed E-state index contributed by atoms with van der Waals surface area (Å²) in [5.74, 6) is -0.916. The van der Waals surface area contributed by atoms with Gasteiger partial charge in [0.2, 0.25) is 5.91 Å². The molecular weight excluding hydrogens is 412 g/mol. The van der Waals surface area contributed by atoms with Gasteiger partial charge in [-0.05, 0) is 48.6 Å². The van der Waals surface area contributed by atoms with Crippen LogP contribution < -0.4 is 5.32 Å². The van der Waals surface area contributed by atoms with E-state index in [0.29, 0.717) is 20.7 Å². The van der Waals surface area contributed by atoms with E-state index in [1.54, 1.807) is 36.6 Å². The molecule has 0 atom stereocenters. The van der Waals surface area contributed by atoms with Crippen molar-refractivity contribution in [2.75, 3.05) is 11.9 Å². The molecule has 1 aromatic carbocycles. The molecule has 0 saturated carbocycles. The zero-order valence-corrected chi connectivity index (χ0v) is 16.7. The third kappa shape index (κ3) is 5.43. The van der Waals surface area contributed by atoms with Gasteiger partial charge in [-0.15, -0.1) is 0 Å². The number of carbonyl (C=O) groups is 3. The summed E-state index contributed by atoms with van der Waals surface area (Å²) < 4.78 is 5.58. The number of thioether (sulfide) groups is 1. The van der Waals surface area contributed by atoms with Crippen LogP contribution in [0.25, 0.3) is 6.08 Å². The van der Waals surface area contributed by atoms with Crippen molar-refractivity contribution in [1.29, 1.82) is 0 Å². The Morgan fingerprint density at radius 1 is 1.24 bits per heavy atom. The summed E-state index contributed by atoms with van der Waals surface area (Å²) in [7, 11) is 0. The zero-order chi connectivity index (χ0) is 20.8. The first-order chi connectivity index (χ1) is 13.9. The van der Waals surface area contributed by atoms with E-state index in [4.69, 9.17) is 21.7 Å². The van der Waals surface area contributed by atoms with Crippen LogP contribution in [0.4, 0.5) is 5.69 Å².